The molecule has 17 heavy (non-hydrogen) atoms. The van der Waals surface area contributed by atoms with Gasteiger partial charge in [-0.3, -0.25) is 0 Å². The van der Waals surface area contributed by atoms with Gasteiger partial charge in [0.25, 0.3) is 0 Å². The number of hydrogen-bond donors (Lipinski definition) is 0. The summed E-state index contributed by atoms with van der Waals surface area (Å²) >= 11 is 0. The summed E-state index contributed by atoms with van der Waals surface area (Å²) < 4.78 is 0. The Morgan fingerprint density at radius 2 is 1.29 bits per heavy atom. The predicted octanol–water partition coefficient (Wildman–Crippen LogP) is 5.22. The van der Waals surface area contributed by atoms with Crippen molar-refractivity contribution in [2.75, 3.05) is 0 Å². The minimum atomic E-state index is 0.744. The topological polar surface area (TPSA) is 17.1 Å². The molecule has 0 aromatic carbocycles. The molecule has 0 saturated heterocycles. The van der Waals surface area contributed by atoms with Crippen LogP contribution < -0.4 is 0 Å². The van der Waals surface area contributed by atoms with Crippen molar-refractivity contribution in [3.63, 3.8) is 0 Å². The standard InChI is InChI=1S/C16H28O/c1-2-3-4-5-6-7-8-9-10-11-12-13-14-15-16-17/h3-4,6-7,16H,2,5,8-15H2,1H3/b4-3-,7-6-. The third kappa shape index (κ3) is 15.1. The second kappa shape index (κ2) is 15.1. The second-order valence-corrected chi connectivity index (χ2v) is 4.45. The van der Waals surface area contributed by atoms with Crippen LogP contribution in [0.2, 0.25) is 0 Å². The van der Waals surface area contributed by atoms with Gasteiger partial charge < -0.3 is 4.79 Å². The van der Waals surface area contributed by atoms with Crippen LogP contribution in [0.25, 0.3) is 0 Å². The van der Waals surface area contributed by atoms with Crippen molar-refractivity contribution in [2.24, 2.45) is 0 Å². The molecule has 0 radical (unpaired) electrons. The van der Waals surface area contributed by atoms with Gasteiger partial charge in [-0.25, -0.2) is 0 Å². The zero-order valence-corrected chi connectivity index (χ0v) is 11.4. The predicted molar refractivity (Wildman–Crippen MR) is 76.2 cm³/mol. The van der Waals surface area contributed by atoms with Gasteiger partial charge in [0, 0.05) is 6.42 Å². The molecule has 0 bridgehead atoms. The maximum absolute atomic E-state index is 10.1. The molecule has 0 rings (SSSR count). The van der Waals surface area contributed by atoms with Gasteiger partial charge in [-0.1, -0.05) is 56.9 Å². The van der Waals surface area contributed by atoms with E-state index in [4.69, 9.17) is 0 Å². The van der Waals surface area contributed by atoms with E-state index < -0.39 is 0 Å². The molecule has 0 atom stereocenters. The number of carbonyl (C=O) groups excluding carboxylic acids is 1. The molecule has 0 N–H and O–H groups in total. The lowest BCUT2D eigenvalue weighted by molar-refractivity contribution is -0.107. The number of allylic oxidation sites excluding steroid dienone is 4. The van der Waals surface area contributed by atoms with E-state index in [9.17, 15) is 4.79 Å². The van der Waals surface area contributed by atoms with E-state index in [1.807, 2.05) is 0 Å². The minimum Gasteiger partial charge on any atom is -0.303 e. The fraction of sp³-hybridized carbons (Fsp3) is 0.688. The highest BCUT2D eigenvalue weighted by Crippen LogP contribution is 2.08. The van der Waals surface area contributed by atoms with Gasteiger partial charge in [0.2, 0.25) is 0 Å². The zero-order chi connectivity index (χ0) is 12.6. The molecule has 0 aromatic rings. The van der Waals surface area contributed by atoms with E-state index in [0.29, 0.717) is 0 Å². The fourth-order valence-electron chi connectivity index (χ4n) is 1.75. The van der Waals surface area contributed by atoms with E-state index >= 15 is 0 Å². The molecule has 0 aliphatic carbocycles. The Morgan fingerprint density at radius 1 is 0.706 bits per heavy atom. The maximum atomic E-state index is 10.1. The van der Waals surface area contributed by atoms with Crippen LogP contribution in [0.4, 0.5) is 0 Å². The highest BCUT2D eigenvalue weighted by atomic mass is 16.1. The van der Waals surface area contributed by atoms with Gasteiger partial charge in [0.1, 0.15) is 6.29 Å². The summed E-state index contributed by atoms with van der Waals surface area (Å²) in [6, 6.07) is 0. The van der Waals surface area contributed by atoms with E-state index in [1.54, 1.807) is 0 Å². The molecular formula is C16H28O. The van der Waals surface area contributed by atoms with Crippen LogP contribution in [0.3, 0.4) is 0 Å². The van der Waals surface area contributed by atoms with Gasteiger partial charge in [-0.05, 0) is 32.1 Å². The van der Waals surface area contributed by atoms with Crippen LogP contribution in [0.15, 0.2) is 24.3 Å². The van der Waals surface area contributed by atoms with Crippen molar-refractivity contribution in [3.05, 3.63) is 24.3 Å². The Balaban J connectivity index is 3.07. The molecule has 0 unspecified atom stereocenters. The summed E-state index contributed by atoms with van der Waals surface area (Å²) in [7, 11) is 0. The van der Waals surface area contributed by atoms with Gasteiger partial charge in [0.05, 0.1) is 0 Å². The van der Waals surface area contributed by atoms with Crippen LogP contribution in [-0.2, 0) is 4.79 Å². The third-order valence-corrected chi connectivity index (χ3v) is 2.78. The first-order valence-corrected chi connectivity index (χ1v) is 7.15. The first-order valence-electron chi connectivity index (χ1n) is 7.15. The van der Waals surface area contributed by atoms with Crippen molar-refractivity contribution in [1.29, 1.82) is 0 Å². The fourth-order valence-corrected chi connectivity index (χ4v) is 1.75. The van der Waals surface area contributed by atoms with Gasteiger partial charge >= 0.3 is 0 Å². The quantitative estimate of drug-likeness (QED) is 0.258. The van der Waals surface area contributed by atoms with E-state index in [2.05, 4.69) is 31.2 Å². The Labute approximate surface area is 107 Å². The largest absolute Gasteiger partial charge is 0.303 e. The molecule has 0 aromatic heterocycles. The van der Waals surface area contributed by atoms with Gasteiger partial charge in [0.15, 0.2) is 0 Å². The van der Waals surface area contributed by atoms with E-state index in [0.717, 1.165) is 32.0 Å². The molecule has 1 nitrogen and oxygen atoms in total. The van der Waals surface area contributed by atoms with Crippen molar-refractivity contribution >= 4 is 6.29 Å². The Kier molecular flexibility index (Phi) is 14.4. The van der Waals surface area contributed by atoms with Crippen LogP contribution in [-0.4, -0.2) is 6.29 Å². The Bertz CT molecular complexity index is 204. The first kappa shape index (κ1) is 16.1. The number of unbranched alkanes of at least 4 members (excludes halogenated alkanes) is 7. The lowest BCUT2D eigenvalue weighted by Gasteiger charge is -1.98. The van der Waals surface area contributed by atoms with Crippen LogP contribution in [0.1, 0.15) is 71.1 Å². The molecule has 0 aliphatic rings. The molecule has 0 amide bonds. The molecule has 1 heteroatoms. The first-order chi connectivity index (χ1) is 8.41. The molecular weight excluding hydrogens is 208 g/mol. The van der Waals surface area contributed by atoms with E-state index in [-0.39, 0.29) is 0 Å². The smallest absolute Gasteiger partial charge is 0.119 e. The van der Waals surface area contributed by atoms with Gasteiger partial charge in [-0.2, -0.15) is 0 Å². The summed E-state index contributed by atoms with van der Waals surface area (Å²) in [4.78, 5) is 10.1. The molecule has 0 aliphatic heterocycles. The number of aldehydes is 1. The Hall–Kier alpha value is -0.850. The molecule has 98 valence electrons. The zero-order valence-electron chi connectivity index (χ0n) is 11.4. The van der Waals surface area contributed by atoms with Crippen molar-refractivity contribution in [2.45, 2.75) is 71.1 Å². The number of hydrogen-bond acceptors (Lipinski definition) is 1. The van der Waals surface area contributed by atoms with Crippen LogP contribution in [0.5, 0.6) is 0 Å². The number of carbonyl (C=O) groups is 1. The van der Waals surface area contributed by atoms with Crippen LogP contribution in [0, 0.1) is 0 Å². The summed E-state index contributed by atoms with van der Waals surface area (Å²) in [5, 5.41) is 0. The third-order valence-electron chi connectivity index (χ3n) is 2.78. The van der Waals surface area contributed by atoms with E-state index in [1.165, 1.54) is 38.5 Å². The number of rotatable bonds is 12. The normalized spacial score (nSPS) is 11.6. The molecule has 0 spiro atoms. The minimum absolute atomic E-state index is 0.744. The van der Waals surface area contributed by atoms with Crippen molar-refractivity contribution in [1.82, 2.24) is 0 Å². The van der Waals surface area contributed by atoms with Crippen molar-refractivity contribution in [3.8, 4) is 0 Å². The van der Waals surface area contributed by atoms with Crippen LogP contribution >= 0.6 is 0 Å². The molecule has 0 saturated carbocycles. The SMILES string of the molecule is CC/C=C\C/C=C\CCCCCCCCC=O. The summed E-state index contributed by atoms with van der Waals surface area (Å²) in [5.74, 6) is 0. The highest BCUT2D eigenvalue weighted by molar-refractivity contribution is 5.48. The second-order valence-electron chi connectivity index (χ2n) is 4.45. The summed E-state index contributed by atoms with van der Waals surface area (Å²) in [6.45, 7) is 2.16. The maximum Gasteiger partial charge on any atom is 0.119 e. The average Bonchev–Trinajstić information content (AvgIpc) is 2.35. The summed E-state index contributed by atoms with van der Waals surface area (Å²) in [5.41, 5.74) is 0. The molecule has 0 heterocycles. The lowest BCUT2D eigenvalue weighted by atomic mass is 10.1. The summed E-state index contributed by atoms with van der Waals surface area (Å²) in [6.07, 6.45) is 21.7. The lowest BCUT2D eigenvalue weighted by Crippen LogP contribution is -1.80. The van der Waals surface area contributed by atoms with Crippen molar-refractivity contribution < 1.29 is 4.79 Å². The monoisotopic (exact) mass is 236 g/mol. The van der Waals surface area contributed by atoms with Gasteiger partial charge in [-0.15, -0.1) is 0 Å². The average molecular weight is 236 g/mol. The molecule has 0 fully saturated rings. The Morgan fingerprint density at radius 3 is 1.94 bits per heavy atom. The highest BCUT2D eigenvalue weighted by Gasteiger charge is 1.90.